The van der Waals surface area contributed by atoms with Crippen molar-refractivity contribution in [3.8, 4) is 28.6 Å². The summed E-state index contributed by atoms with van der Waals surface area (Å²) in [6.45, 7) is 6.34. The van der Waals surface area contributed by atoms with Crippen LogP contribution in [-0.2, 0) is 5.41 Å². The number of rotatable bonds is 6. The number of hydrogen-bond donors (Lipinski definition) is 2. The maximum absolute atomic E-state index is 12.8. The Balaban J connectivity index is 1.52. The molecule has 6 heteroatoms. The summed E-state index contributed by atoms with van der Waals surface area (Å²) in [5, 5.41) is 5.70. The highest BCUT2D eigenvalue weighted by Crippen LogP contribution is 2.36. The second-order valence-corrected chi connectivity index (χ2v) is 9.08. The van der Waals surface area contributed by atoms with Crippen LogP contribution in [0.15, 0.2) is 91.0 Å². The average Bonchev–Trinajstić information content (AvgIpc) is 2.86. The highest BCUT2D eigenvalue weighted by Gasteiger charge is 2.21. The summed E-state index contributed by atoms with van der Waals surface area (Å²) >= 11 is 0. The third-order valence-corrected chi connectivity index (χ3v) is 5.44. The Morgan fingerprint density at radius 1 is 0.771 bits per heavy atom. The van der Waals surface area contributed by atoms with Crippen LogP contribution in [0.5, 0.6) is 17.5 Å². The average molecular weight is 468 g/mol. The fraction of sp³-hybridized carbons (Fsp3) is 0.172. The Morgan fingerprint density at radius 2 is 1.43 bits per heavy atom. The number of nitrogens with one attached hydrogen (secondary N) is 2. The van der Waals surface area contributed by atoms with Gasteiger partial charge in [0.15, 0.2) is 0 Å². The fourth-order valence-corrected chi connectivity index (χ4v) is 3.65. The number of benzene rings is 3. The van der Waals surface area contributed by atoms with Crippen molar-refractivity contribution >= 4 is 17.4 Å². The van der Waals surface area contributed by atoms with Gasteiger partial charge < -0.3 is 20.1 Å². The van der Waals surface area contributed by atoms with Crippen LogP contribution >= 0.6 is 0 Å². The third kappa shape index (κ3) is 5.98. The Hall–Kier alpha value is -4.32. The minimum Gasteiger partial charge on any atom is -0.481 e. The number of methoxy groups -OCH3 is 1. The van der Waals surface area contributed by atoms with Crippen LogP contribution in [0.25, 0.3) is 11.1 Å². The maximum atomic E-state index is 12.8. The Kier molecular flexibility index (Phi) is 7.01. The number of amides is 2. The summed E-state index contributed by atoms with van der Waals surface area (Å²) in [5.41, 5.74) is 4.18. The summed E-state index contributed by atoms with van der Waals surface area (Å²) in [6.07, 6.45) is 0. The molecule has 0 aliphatic heterocycles. The van der Waals surface area contributed by atoms with E-state index < -0.39 is 6.03 Å². The van der Waals surface area contributed by atoms with Gasteiger partial charge in [0.05, 0.1) is 7.11 Å². The van der Waals surface area contributed by atoms with E-state index >= 15 is 0 Å². The second-order valence-electron chi connectivity index (χ2n) is 9.08. The zero-order valence-corrected chi connectivity index (χ0v) is 20.3. The first kappa shape index (κ1) is 23.8. The molecule has 2 N–H and O–H groups in total. The number of urea groups is 1. The summed E-state index contributed by atoms with van der Waals surface area (Å²) in [4.78, 5) is 17.2. The van der Waals surface area contributed by atoms with E-state index in [2.05, 4.69) is 36.4 Å². The number of anilines is 2. The molecule has 3 aromatic carbocycles. The van der Waals surface area contributed by atoms with E-state index in [-0.39, 0.29) is 11.3 Å². The molecule has 0 saturated carbocycles. The van der Waals surface area contributed by atoms with Crippen molar-refractivity contribution in [2.45, 2.75) is 26.2 Å². The van der Waals surface area contributed by atoms with E-state index in [1.165, 1.54) is 7.11 Å². The lowest BCUT2D eigenvalue weighted by atomic mass is 9.86. The molecule has 0 fully saturated rings. The fourth-order valence-electron chi connectivity index (χ4n) is 3.65. The maximum Gasteiger partial charge on any atom is 0.323 e. The first-order chi connectivity index (χ1) is 16.8. The number of carbonyl (C=O) groups is 1. The number of carbonyl (C=O) groups excluding carboxylic acids is 1. The van der Waals surface area contributed by atoms with E-state index in [4.69, 9.17) is 9.47 Å². The van der Waals surface area contributed by atoms with E-state index in [1.807, 2.05) is 78.9 Å². The molecule has 4 rings (SSSR count). The Morgan fingerprint density at radius 3 is 2.11 bits per heavy atom. The molecular weight excluding hydrogens is 438 g/mol. The number of hydrogen-bond acceptors (Lipinski definition) is 4. The van der Waals surface area contributed by atoms with Crippen molar-refractivity contribution < 1.29 is 14.3 Å². The lowest BCUT2D eigenvalue weighted by Crippen LogP contribution is -2.20. The molecule has 0 bridgehead atoms. The molecule has 0 unspecified atom stereocenters. The Bertz CT molecular complexity index is 1300. The first-order valence-corrected chi connectivity index (χ1v) is 11.4. The minimum atomic E-state index is -0.404. The monoisotopic (exact) mass is 467 g/mol. The van der Waals surface area contributed by atoms with Crippen LogP contribution < -0.4 is 20.1 Å². The highest BCUT2D eigenvalue weighted by atomic mass is 16.5. The van der Waals surface area contributed by atoms with Gasteiger partial charge in [-0.2, -0.15) is 4.98 Å². The summed E-state index contributed by atoms with van der Waals surface area (Å²) in [7, 11) is 1.54. The molecule has 178 valence electrons. The molecule has 0 atom stereocenters. The number of aromatic nitrogens is 1. The van der Waals surface area contributed by atoms with Crippen LogP contribution in [0.4, 0.5) is 16.2 Å². The molecule has 0 spiro atoms. The van der Waals surface area contributed by atoms with Gasteiger partial charge in [0.25, 0.3) is 0 Å². The van der Waals surface area contributed by atoms with Crippen molar-refractivity contribution in [3.63, 3.8) is 0 Å². The molecular formula is C29H29N3O3. The van der Waals surface area contributed by atoms with Crippen LogP contribution in [0.1, 0.15) is 26.3 Å². The first-order valence-electron chi connectivity index (χ1n) is 11.4. The van der Waals surface area contributed by atoms with Crippen LogP contribution in [0.2, 0.25) is 0 Å². The molecule has 0 saturated heterocycles. The smallest absolute Gasteiger partial charge is 0.323 e. The number of ether oxygens (including phenoxy) is 2. The van der Waals surface area contributed by atoms with E-state index in [0.717, 1.165) is 16.7 Å². The standard InChI is InChI=1S/C29H29N3O3/c1-29(2,3)23-12-8-9-13-25(23)35-27-24(18-19-26(32-27)34-4)31-28(33)30-22-16-14-21(15-17-22)20-10-6-5-7-11-20/h5-19H,1-4H3,(H2,30,31,33). The second kappa shape index (κ2) is 10.3. The van der Waals surface area contributed by atoms with Gasteiger partial charge in [0.2, 0.25) is 11.8 Å². The van der Waals surface area contributed by atoms with Gasteiger partial charge in [0.1, 0.15) is 11.4 Å². The topological polar surface area (TPSA) is 72.5 Å². The quantitative estimate of drug-likeness (QED) is 0.308. The third-order valence-electron chi connectivity index (χ3n) is 5.44. The molecule has 2 amide bonds. The van der Waals surface area contributed by atoms with Crippen molar-refractivity contribution in [1.29, 1.82) is 0 Å². The molecule has 4 aromatic rings. The van der Waals surface area contributed by atoms with Crippen molar-refractivity contribution in [2.24, 2.45) is 0 Å². The van der Waals surface area contributed by atoms with Gasteiger partial charge in [-0.15, -0.1) is 0 Å². The van der Waals surface area contributed by atoms with Gasteiger partial charge in [-0.05, 0) is 40.8 Å². The van der Waals surface area contributed by atoms with Crippen LogP contribution in [-0.4, -0.2) is 18.1 Å². The zero-order valence-electron chi connectivity index (χ0n) is 20.3. The van der Waals surface area contributed by atoms with Gasteiger partial charge in [-0.3, -0.25) is 0 Å². The lowest BCUT2D eigenvalue weighted by molar-refractivity contribution is 0.262. The minimum absolute atomic E-state index is 0.133. The molecule has 0 radical (unpaired) electrons. The van der Waals surface area contributed by atoms with Gasteiger partial charge in [0, 0.05) is 17.3 Å². The normalized spacial score (nSPS) is 11.0. The van der Waals surface area contributed by atoms with Gasteiger partial charge in [-0.25, -0.2) is 4.79 Å². The summed E-state index contributed by atoms with van der Waals surface area (Å²) in [5.74, 6) is 1.30. The molecule has 35 heavy (non-hydrogen) atoms. The van der Waals surface area contributed by atoms with Crippen LogP contribution in [0, 0.1) is 0 Å². The number of pyridine rings is 1. The summed E-state index contributed by atoms with van der Waals surface area (Å²) < 4.78 is 11.5. The highest BCUT2D eigenvalue weighted by molar-refractivity contribution is 6.00. The summed E-state index contributed by atoms with van der Waals surface area (Å²) in [6, 6.07) is 28.5. The predicted octanol–water partition coefficient (Wildman–Crippen LogP) is 7.49. The Labute approximate surface area is 206 Å². The zero-order chi connectivity index (χ0) is 24.8. The molecule has 0 aliphatic rings. The van der Waals surface area contributed by atoms with E-state index in [9.17, 15) is 4.79 Å². The van der Waals surface area contributed by atoms with Crippen molar-refractivity contribution in [1.82, 2.24) is 4.98 Å². The van der Waals surface area contributed by atoms with E-state index in [1.54, 1.807) is 12.1 Å². The molecule has 1 heterocycles. The van der Waals surface area contributed by atoms with Gasteiger partial charge in [-0.1, -0.05) is 81.4 Å². The van der Waals surface area contributed by atoms with E-state index in [0.29, 0.717) is 23.0 Å². The molecule has 6 nitrogen and oxygen atoms in total. The molecule has 1 aromatic heterocycles. The number of nitrogens with zero attached hydrogens (tertiary/aromatic N) is 1. The number of para-hydroxylation sites is 1. The van der Waals surface area contributed by atoms with Gasteiger partial charge >= 0.3 is 6.03 Å². The van der Waals surface area contributed by atoms with Crippen molar-refractivity contribution in [2.75, 3.05) is 17.7 Å². The SMILES string of the molecule is COc1ccc(NC(=O)Nc2ccc(-c3ccccc3)cc2)c(Oc2ccccc2C(C)(C)C)n1. The molecule has 0 aliphatic carbocycles. The largest absolute Gasteiger partial charge is 0.481 e. The predicted molar refractivity (Wildman–Crippen MR) is 141 cm³/mol. The van der Waals surface area contributed by atoms with Crippen LogP contribution in [0.3, 0.4) is 0 Å². The van der Waals surface area contributed by atoms with Crippen molar-refractivity contribution in [3.05, 3.63) is 96.6 Å². The lowest BCUT2D eigenvalue weighted by Gasteiger charge is -2.23.